The van der Waals surface area contributed by atoms with Gasteiger partial charge in [0.1, 0.15) is 0 Å². The Morgan fingerprint density at radius 1 is 1.14 bits per heavy atom. The highest BCUT2D eigenvalue weighted by Crippen LogP contribution is 2.26. The first-order valence-electron chi connectivity index (χ1n) is 6.50. The molecule has 3 rings (SSSR count). The van der Waals surface area contributed by atoms with Crippen molar-refractivity contribution in [1.29, 1.82) is 0 Å². The van der Waals surface area contributed by atoms with E-state index in [1.807, 2.05) is 6.07 Å². The molecular weight excluding hydrogens is 286 g/mol. The lowest BCUT2D eigenvalue weighted by molar-refractivity contribution is 0.653. The second kappa shape index (κ2) is 5.54. The fraction of sp³-hybridized carbons (Fsp3) is 0.133. The molecule has 0 unspecified atom stereocenters. The third-order valence-electron chi connectivity index (χ3n) is 3.24. The SMILES string of the molecule is Cc1ccc(Cn2nnnc2-c2ccc(Cl)cc2N)cc1. The maximum Gasteiger partial charge on any atom is 0.184 e. The minimum atomic E-state index is 0.558. The van der Waals surface area contributed by atoms with E-state index in [2.05, 4.69) is 46.7 Å². The second-order valence-electron chi connectivity index (χ2n) is 4.88. The number of halogens is 1. The topological polar surface area (TPSA) is 69.6 Å². The Kier molecular flexibility index (Phi) is 3.58. The van der Waals surface area contributed by atoms with Crippen LogP contribution in [0, 0.1) is 6.92 Å². The van der Waals surface area contributed by atoms with Crippen molar-refractivity contribution >= 4 is 17.3 Å². The van der Waals surface area contributed by atoms with Crippen LogP contribution in [0.3, 0.4) is 0 Å². The van der Waals surface area contributed by atoms with Gasteiger partial charge in [-0.25, -0.2) is 4.68 Å². The Morgan fingerprint density at radius 3 is 2.62 bits per heavy atom. The summed E-state index contributed by atoms with van der Waals surface area (Å²) in [7, 11) is 0. The van der Waals surface area contributed by atoms with E-state index in [0.29, 0.717) is 23.1 Å². The lowest BCUT2D eigenvalue weighted by atomic mass is 10.1. The summed E-state index contributed by atoms with van der Waals surface area (Å²) in [5, 5.41) is 12.5. The molecule has 6 heteroatoms. The van der Waals surface area contributed by atoms with Gasteiger partial charge in [0, 0.05) is 16.3 Å². The molecule has 0 aliphatic heterocycles. The van der Waals surface area contributed by atoms with Gasteiger partial charge in [-0.1, -0.05) is 41.4 Å². The van der Waals surface area contributed by atoms with Crippen molar-refractivity contribution in [2.75, 3.05) is 5.73 Å². The van der Waals surface area contributed by atoms with E-state index in [9.17, 15) is 0 Å². The predicted octanol–water partition coefficient (Wildman–Crippen LogP) is 2.93. The molecule has 1 heterocycles. The normalized spacial score (nSPS) is 10.8. The van der Waals surface area contributed by atoms with Crippen molar-refractivity contribution in [2.45, 2.75) is 13.5 Å². The van der Waals surface area contributed by atoms with Gasteiger partial charge < -0.3 is 5.73 Å². The number of nitrogens with zero attached hydrogens (tertiary/aromatic N) is 4. The van der Waals surface area contributed by atoms with Crippen molar-refractivity contribution in [3.05, 3.63) is 58.6 Å². The van der Waals surface area contributed by atoms with Gasteiger partial charge in [0.2, 0.25) is 0 Å². The summed E-state index contributed by atoms with van der Waals surface area (Å²) in [6.45, 7) is 2.64. The summed E-state index contributed by atoms with van der Waals surface area (Å²) < 4.78 is 1.73. The first-order chi connectivity index (χ1) is 10.1. The lowest BCUT2D eigenvalue weighted by Gasteiger charge is -2.07. The molecule has 0 amide bonds. The summed E-state index contributed by atoms with van der Waals surface area (Å²) in [6.07, 6.45) is 0. The molecule has 21 heavy (non-hydrogen) atoms. The molecule has 5 nitrogen and oxygen atoms in total. The highest BCUT2D eigenvalue weighted by molar-refractivity contribution is 6.31. The van der Waals surface area contributed by atoms with Crippen molar-refractivity contribution in [2.24, 2.45) is 0 Å². The molecule has 0 saturated carbocycles. The van der Waals surface area contributed by atoms with Gasteiger partial charge in [-0.2, -0.15) is 0 Å². The summed E-state index contributed by atoms with van der Waals surface area (Å²) in [5.41, 5.74) is 9.68. The minimum Gasteiger partial charge on any atom is -0.398 e. The van der Waals surface area contributed by atoms with Crippen molar-refractivity contribution in [3.63, 3.8) is 0 Å². The van der Waals surface area contributed by atoms with Gasteiger partial charge in [-0.3, -0.25) is 0 Å². The molecule has 2 N–H and O–H groups in total. The molecule has 1 aromatic heterocycles. The van der Waals surface area contributed by atoms with E-state index >= 15 is 0 Å². The molecule has 0 fully saturated rings. The zero-order valence-electron chi connectivity index (χ0n) is 11.5. The standard InChI is InChI=1S/C15H14ClN5/c1-10-2-4-11(5-3-10)9-21-15(18-19-20-21)13-7-6-12(16)8-14(13)17/h2-8H,9,17H2,1H3. The number of hydrogen-bond donors (Lipinski definition) is 1. The number of anilines is 1. The molecule has 0 bridgehead atoms. The number of tetrazole rings is 1. The van der Waals surface area contributed by atoms with E-state index < -0.39 is 0 Å². The average Bonchev–Trinajstić information content (AvgIpc) is 2.89. The van der Waals surface area contributed by atoms with Crippen molar-refractivity contribution in [3.8, 4) is 11.4 Å². The third kappa shape index (κ3) is 2.87. The number of benzene rings is 2. The van der Waals surface area contributed by atoms with Gasteiger partial charge in [0.25, 0.3) is 0 Å². The first kappa shape index (κ1) is 13.6. The van der Waals surface area contributed by atoms with Gasteiger partial charge in [-0.15, -0.1) is 5.10 Å². The zero-order valence-corrected chi connectivity index (χ0v) is 12.2. The number of nitrogens with two attached hydrogens (primary N) is 1. The van der Waals surface area contributed by atoms with E-state index in [4.69, 9.17) is 17.3 Å². The van der Waals surface area contributed by atoms with Crippen LogP contribution in [-0.4, -0.2) is 20.2 Å². The molecule has 106 valence electrons. The Balaban J connectivity index is 1.95. The highest BCUT2D eigenvalue weighted by atomic mass is 35.5. The second-order valence-corrected chi connectivity index (χ2v) is 5.31. The largest absolute Gasteiger partial charge is 0.398 e. The summed E-state index contributed by atoms with van der Waals surface area (Å²) in [6, 6.07) is 13.6. The Hall–Kier alpha value is -2.40. The van der Waals surface area contributed by atoms with Crippen molar-refractivity contribution in [1.82, 2.24) is 20.2 Å². The molecule has 0 radical (unpaired) electrons. The fourth-order valence-corrected chi connectivity index (χ4v) is 2.29. The number of nitrogen functional groups attached to an aromatic ring is 1. The van der Waals surface area contributed by atoms with E-state index in [1.165, 1.54) is 5.56 Å². The highest BCUT2D eigenvalue weighted by Gasteiger charge is 2.12. The van der Waals surface area contributed by atoms with Crippen LogP contribution in [0.4, 0.5) is 5.69 Å². The van der Waals surface area contributed by atoms with E-state index in [-0.39, 0.29) is 0 Å². The zero-order chi connectivity index (χ0) is 14.8. The molecule has 3 aromatic rings. The lowest BCUT2D eigenvalue weighted by Crippen LogP contribution is -2.05. The monoisotopic (exact) mass is 299 g/mol. The Bertz CT molecular complexity index is 764. The van der Waals surface area contributed by atoms with Gasteiger partial charge in [0.05, 0.1) is 6.54 Å². The quantitative estimate of drug-likeness (QED) is 0.755. The van der Waals surface area contributed by atoms with Crippen LogP contribution in [0.5, 0.6) is 0 Å². The summed E-state index contributed by atoms with van der Waals surface area (Å²) in [5.74, 6) is 0.629. The number of aryl methyl sites for hydroxylation is 1. The van der Waals surface area contributed by atoms with Crippen LogP contribution in [0.25, 0.3) is 11.4 Å². The number of rotatable bonds is 3. The summed E-state index contributed by atoms with van der Waals surface area (Å²) >= 11 is 5.92. The molecule has 0 aliphatic carbocycles. The average molecular weight is 300 g/mol. The Morgan fingerprint density at radius 2 is 1.90 bits per heavy atom. The summed E-state index contributed by atoms with van der Waals surface area (Å²) in [4.78, 5) is 0. The van der Waals surface area contributed by atoms with Crippen LogP contribution < -0.4 is 5.73 Å². The van der Waals surface area contributed by atoms with Crippen LogP contribution in [0.1, 0.15) is 11.1 Å². The predicted molar refractivity (Wildman–Crippen MR) is 83.0 cm³/mol. The molecule has 2 aromatic carbocycles. The van der Waals surface area contributed by atoms with Gasteiger partial charge in [0.15, 0.2) is 5.82 Å². The molecule has 0 aliphatic rings. The van der Waals surface area contributed by atoms with Crippen LogP contribution in [0.15, 0.2) is 42.5 Å². The molecule has 0 saturated heterocycles. The van der Waals surface area contributed by atoms with Gasteiger partial charge >= 0.3 is 0 Å². The Labute approximate surface area is 127 Å². The maximum absolute atomic E-state index is 6.00. The smallest absolute Gasteiger partial charge is 0.184 e. The van der Waals surface area contributed by atoms with Crippen LogP contribution in [0.2, 0.25) is 5.02 Å². The molecule has 0 atom stereocenters. The van der Waals surface area contributed by atoms with E-state index in [1.54, 1.807) is 16.8 Å². The fourth-order valence-electron chi connectivity index (χ4n) is 2.11. The van der Waals surface area contributed by atoms with Crippen LogP contribution >= 0.6 is 11.6 Å². The first-order valence-corrected chi connectivity index (χ1v) is 6.88. The van der Waals surface area contributed by atoms with Gasteiger partial charge in [-0.05, 0) is 41.1 Å². The number of aromatic nitrogens is 4. The third-order valence-corrected chi connectivity index (χ3v) is 3.47. The van der Waals surface area contributed by atoms with E-state index in [0.717, 1.165) is 11.1 Å². The molecule has 0 spiro atoms. The minimum absolute atomic E-state index is 0.558. The molecular formula is C15H14ClN5. The van der Waals surface area contributed by atoms with Crippen LogP contribution in [-0.2, 0) is 6.54 Å². The number of hydrogen-bond acceptors (Lipinski definition) is 4. The van der Waals surface area contributed by atoms with Crippen molar-refractivity contribution < 1.29 is 0 Å². The maximum atomic E-state index is 6.00.